The van der Waals surface area contributed by atoms with Gasteiger partial charge in [0.15, 0.2) is 0 Å². The molecule has 2 amide bonds. The first-order chi connectivity index (χ1) is 11.1. The van der Waals surface area contributed by atoms with Crippen molar-refractivity contribution in [2.45, 2.75) is 6.92 Å². The molecule has 0 radical (unpaired) electrons. The second kappa shape index (κ2) is 9.78. The number of carbonyl (C=O) groups excluding carboxylic acids is 3. The summed E-state index contributed by atoms with van der Waals surface area (Å²) in [7, 11) is 0. The van der Waals surface area contributed by atoms with Crippen LogP contribution in [0.25, 0.3) is 0 Å². The van der Waals surface area contributed by atoms with Crippen LogP contribution in [0.4, 0.5) is 0 Å². The van der Waals surface area contributed by atoms with Crippen molar-refractivity contribution in [2.24, 2.45) is 0 Å². The number of carbonyl (C=O) groups is 3. The van der Waals surface area contributed by atoms with Gasteiger partial charge in [0.05, 0.1) is 12.2 Å². The lowest BCUT2D eigenvalue weighted by Crippen LogP contribution is -2.41. The first kappa shape index (κ1) is 18.0. The molecular formula is C16H18N2O5. The highest BCUT2D eigenvalue weighted by Crippen LogP contribution is 2.17. The number of esters is 1. The molecule has 0 spiro atoms. The lowest BCUT2D eigenvalue weighted by atomic mass is 10.2. The van der Waals surface area contributed by atoms with E-state index in [4.69, 9.17) is 4.74 Å². The van der Waals surface area contributed by atoms with Gasteiger partial charge in [-0.2, -0.15) is 0 Å². The van der Waals surface area contributed by atoms with Gasteiger partial charge in [-0.3, -0.25) is 20.4 Å². The zero-order valence-electron chi connectivity index (χ0n) is 12.7. The van der Waals surface area contributed by atoms with Crippen molar-refractivity contribution in [1.82, 2.24) is 10.9 Å². The summed E-state index contributed by atoms with van der Waals surface area (Å²) in [5.74, 6) is -1.50. The van der Waals surface area contributed by atoms with Crippen molar-refractivity contribution < 1.29 is 23.9 Å². The highest BCUT2D eigenvalue weighted by molar-refractivity contribution is 6.00. The Balaban J connectivity index is 2.58. The first-order valence-electron chi connectivity index (χ1n) is 6.86. The van der Waals surface area contributed by atoms with Gasteiger partial charge < -0.3 is 9.47 Å². The van der Waals surface area contributed by atoms with Crippen LogP contribution in [0, 0.1) is 0 Å². The quantitative estimate of drug-likeness (QED) is 0.340. The largest absolute Gasteiger partial charge is 0.489 e. The molecule has 0 aliphatic rings. The van der Waals surface area contributed by atoms with E-state index in [-0.39, 0.29) is 18.8 Å². The number of hydrazine groups is 1. The van der Waals surface area contributed by atoms with Gasteiger partial charge in [-0.15, -0.1) is 0 Å². The van der Waals surface area contributed by atoms with Crippen molar-refractivity contribution in [3.8, 4) is 5.75 Å². The monoisotopic (exact) mass is 318 g/mol. The van der Waals surface area contributed by atoms with Gasteiger partial charge in [-0.1, -0.05) is 24.8 Å². The fraction of sp³-hybridized carbons (Fsp3) is 0.188. The third kappa shape index (κ3) is 6.47. The standard InChI is InChI=1S/C16H18N2O5/c1-3-11-23-13-8-6-5-7-12(13)16(21)18-17-14(19)9-10-15(20)22-4-2/h3,5-10H,1,4,11H2,2H3,(H,17,19)(H,18,21). The molecule has 1 aromatic rings. The maximum atomic E-state index is 12.0. The van der Waals surface area contributed by atoms with E-state index in [0.717, 1.165) is 12.2 Å². The second-order valence-corrected chi connectivity index (χ2v) is 4.12. The van der Waals surface area contributed by atoms with E-state index in [1.807, 2.05) is 0 Å². The predicted octanol–water partition coefficient (Wildman–Crippen LogP) is 1.13. The average Bonchev–Trinajstić information content (AvgIpc) is 2.56. The molecule has 0 aliphatic carbocycles. The zero-order valence-corrected chi connectivity index (χ0v) is 12.7. The van der Waals surface area contributed by atoms with Crippen molar-refractivity contribution >= 4 is 17.8 Å². The van der Waals surface area contributed by atoms with Gasteiger partial charge >= 0.3 is 5.97 Å². The van der Waals surface area contributed by atoms with Crippen LogP contribution in [-0.4, -0.2) is 31.0 Å². The summed E-state index contributed by atoms with van der Waals surface area (Å²) < 4.78 is 9.98. The smallest absolute Gasteiger partial charge is 0.330 e. The van der Waals surface area contributed by atoms with Crippen molar-refractivity contribution in [3.05, 3.63) is 54.6 Å². The van der Waals surface area contributed by atoms with Crippen LogP contribution in [-0.2, 0) is 14.3 Å². The Labute approximate surface area is 133 Å². The molecule has 0 aliphatic heterocycles. The minimum Gasteiger partial charge on any atom is -0.489 e. The molecule has 0 atom stereocenters. The van der Waals surface area contributed by atoms with Crippen LogP contribution in [0.3, 0.4) is 0 Å². The summed E-state index contributed by atoms with van der Waals surface area (Å²) in [5.41, 5.74) is 4.63. The van der Waals surface area contributed by atoms with Crippen LogP contribution >= 0.6 is 0 Å². The highest BCUT2D eigenvalue weighted by atomic mass is 16.5. The molecule has 0 fully saturated rings. The molecule has 1 aromatic carbocycles. The number of amides is 2. The number of nitrogens with one attached hydrogen (secondary N) is 2. The maximum Gasteiger partial charge on any atom is 0.330 e. The maximum absolute atomic E-state index is 12.0. The SMILES string of the molecule is C=CCOc1ccccc1C(=O)NNC(=O)C=CC(=O)OCC. The highest BCUT2D eigenvalue weighted by Gasteiger charge is 2.12. The van der Waals surface area contributed by atoms with Gasteiger partial charge in [0.2, 0.25) is 0 Å². The summed E-state index contributed by atoms with van der Waals surface area (Å²) in [4.78, 5) is 34.6. The summed E-state index contributed by atoms with van der Waals surface area (Å²) >= 11 is 0. The van der Waals surface area contributed by atoms with E-state index >= 15 is 0 Å². The molecule has 2 N–H and O–H groups in total. The van der Waals surface area contributed by atoms with Crippen LogP contribution in [0.1, 0.15) is 17.3 Å². The second-order valence-electron chi connectivity index (χ2n) is 4.12. The fourth-order valence-corrected chi connectivity index (χ4v) is 1.49. The number of ether oxygens (including phenoxy) is 2. The molecular weight excluding hydrogens is 300 g/mol. The molecule has 7 nitrogen and oxygen atoms in total. The average molecular weight is 318 g/mol. The first-order valence-corrected chi connectivity index (χ1v) is 6.86. The summed E-state index contributed by atoms with van der Waals surface area (Å²) in [6.07, 6.45) is 3.47. The van der Waals surface area contributed by atoms with Crippen LogP contribution in [0.5, 0.6) is 5.75 Å². The van der Waals surface area contributed by atoms with E-state index in [1.54, 1.807) is 37.3 Å². The summed E-state index contributed by atoms with van der Waals surface area (Å²) in [6.45, 7) is 5.64. The van der Waals surface area contributed by atoms with Crippen molar-refractivity contribution in [1.29, 1.82) is 0 Å². The zero-order chi connectivity index (χ0) is 17.1. The molecule has 122 valence electrons. The Bertz CT molecular complexity index is 610. The van der Waals surface area contributed by atoms with Crippen LogP contribution in [0.2, 0.25) is 0 Å². The van der Waals surface area contributed by atoms with Crippen LogP contribution in [0.15, 0.2) is 49.1 Å². The van der Waals surface area contributed by atoms with Gasteiger partial charge in [0.1, 0.15) is 12.4 Å². The Morgan fingerprint density at radius 3 is 2.61 bits per heavy atom. The topological polar surface area (TPSA) is 93.7 Å². The van der Waals surface area contributed by atoms with Gasteiger partial charge in [0, 0.05) is 12.2 Å². The Kier molecular flexibility index (Phi) is 7.63. The Hall–Kier alpha value is -3.09. The molecule has 23 heavy (non-hydrogen) atoms. The Morgan fingerprint density at radius 1 is 1.17 bits per heavy atom. The van der Waals surface area contributed by atoms with E-state index in [0.29, 0.717) is 5.75 Å². The van der Waals surface area contributed by atoms with E-state index < -0.39 is 17.8 Å². The molecule has 0 heterocycles. The molecule has 0 unspecified atom stereocenters. The normalized spacial score (nSPS) is 9.96. The van der Waals surface area contributed by atoms with Crippen molar-refractivity contribution in [2.75, 3.05) is 13.2 Å². The predicted molar refractivity (Wildman–Crippen MR) is 83.5 cm³/mol. The molecule has 0 bridgehead atoms. The molecule has 0 aromatic heterocycles. The molecule has 0 saturated carbocycles. The van der Waals surface area contributed by atoms with E-state index in [2.05, 4.69) is 22.2 Å². The molecule has 0 saturated heterocycles. The van der Waals surface area contributed by atoms with E-state index in [9.17, 15) is 14.4 Å². The minimum atomic E-state index is -0.670. The third-order valence-electron chi connectivity index (χ3n) is 2.44. The summed E-state index contributed by atoms with van der Waals surface area (Å²) in [6, 6.07) is 6.56. The van der Waals surface area contributed by atoms with Gasteiger partial charge in [-0.05, 0) is 19.1 Å². The third-order valence-corrected chi connectivity index (χ3v) is 2.44. The molecule has 7 heteroatoms. The number of hydrogen-bond donors (Lipinski definition) is 2. The van der Waals surface area contributed by atoms with E-state index in [1.165, 1.54) is 0 Å². The fourth-order valence-electron chi connectivity index (χ4n) is 1.49. The number of para-hydroxylation sites is 1. The Morgan fingerprint density at radius 2 is 1.91 bits per heavy atom. The number of rotatable bonds is 7. The minimum absolute atomic E-state index is 0.211. The summed E-state index contributed by atoms with van der Waals surface area (Å²) in [5, 5.41) is 0. The van der Waals surface area contributed by atoms with Crippen LogP contribution < -0.4 is 15.6 Å². The molecule has 1 rings (SSSR count). The number of benzene rings is 1. The lowest BCUT2D eigenvalue weighted by molar-refractivity contribution is -0.137. The van der Waals surface area contributed by atoms with Crippen molar-refractivity contribution in [3.63, 3.8) is 0 Å². The van der Waals surface area contributed by atoms with Gasteiger partial charge in [-0.25, -0.2) is 4.79 Å². The number of hydrogen-bond acceptors (Lipinski definition) is 5. The van der Waals surface area contributed by atoms with Gasteiger partial charge in [0.25, 0.3) is 11.8 Å². The lowest BCUT2D eigenvalue weighted by Gasteiger charge is -2.10.